The molecule has 2 fully saturated rings. The molecular weight excluding hydrogens is 551 g/mol. The first-order chi connectivity index (χ1) is 18.6. The van der Waals surface area contributed by atoms with E-state index >= 15 is 0 Å². The molecule has 0 radical (unpaired) electrons. The second-order valence-electron chi connectivity index (χ2n) is 9.80. The van der Waals surface area contributed by atoms with Crippen LogP contribution in [0.3, 0.4) is 0 Å². The number of allylic oxidation sites excluding steroid dienone is 10. The highest BCUT2D eigenvalue weighted by Crippen LogP contribution is 2.31. The molecule has 0 aromatic heterocycles. The molecule has 5 N–H and O–H groups in total. The van der Waals surface area contributed by atoms with Crippen LogP contribution in [-0.4, -0.2) is 53.9 Å². The molecule has 2 aliphatic rings. The molecular formula is C28H37Cl2F2N3O4. The monoisotopic (exact) mass is 587 g/mol. The van der Waals surface area contributed by atoms with Crippen LogP contribution in [0.2, 0.25) is 0 Å². The van der Waals surface area contributed by atoms with E-state index in [1.165, 1.54) is 24.3 Å². The maximum atomic E-state index is 14.6. The zero-order valence-corrected chi connectivity index (χ0v) is 23.4. The maximum absolute atomic E-state index is 14.6. The SMILES string of the molecule is C=C/C(Cl)=C(F)\C=C/C[C@@H]1[C@H](/C=C/C(F)=C(Cl)\C=C(/C)NC=O)CN[C@H]1C(=O)NCCCC1CC(O)[C@H](O)C1. The number of hydrogen-bond acceptors (Lipinski definition) is 5. The van der Waals surface area contributed by atoms with E-state index in [2.05, 4.69) is 22.5 Å². The van der Waals surface area contributed by atoms with Crippen molar-refractivity contribution in [2.45, 2.75) is 57.3 Å². The number of halogens is 4. The summed E-state index contributed by atoms with van der Waals surface area (Å²) in [5.74, 6) is -1.93. The summed E-state index contributed by atoms with van der Waals surface area (Å²) >= 11 is 11.7. The van der Waals surface area contributed by atoms with Crippen molar-refractivity contribution in [3.8, 4) is 0 Å². The molecule has 6 atom stereocenters. The fourth-order valence-electron chi connectivity index (χ4n) is 4.85. The summed E-state index contributed by atoms with van der Waals surface area (Å²) in [7, 11) is 0. The van der Waals surface area contributed by atoms with E-state index in [9.17, 15) is 28.6 Å². The quantitative estimate of drug-likeness (QED) is 0.117. The van der Waals surface area contributed by atoms with Crippen molar-refractivity contribution in [1.82, 2.24) is 16.0 Å². The molecule has 2 rings (SSSR count). The van der Waals surface area contributed by atoms with Crippen molar-refractivity contribution >= 4 is 35.5 Å². The molecule has 1 saturated heterocycles. The van der Waals surface area contributed by atoms with Crippen LogP contribution < -0.4 is 16.0 Å². The maximum Gasteiger partial charge on any atom is 0.237 e. The van der Waals surface area contributed by atoms with Crippen LogP contribution in [0.5, 0.6) is 0 Å². The van der Waals surface area contributed by atoms with Gasteiger partial charge in [0.05, 0.1) is 28.3 Å². The largest absolute Gasteiger partial charge is 0.390 e. The topological polar surface area (TPSA) is 111 Å². The van der Waals surface area contributed by atoms with Gasteiger partial charge in [0.1, 0.15) is 11.7 Å². The third-order valence-corrected chi connectivity index (χ3v) is 7.57. The van der Waals surface area contributed by atoms with E-state index in [-0.39, 0.29) is 33.7 Å². The van der Waals surface area contributed by atoms with Gasteiger partial charge in [-0.1, -0.05) is 41.9 Å². The summed E-state index contributed by atoms with van der Waals surface area (Å²) in [5, 5.41) is 27.6. The first-order valence-corrected chi connectivity index (χ1v) is 13.7. The zero-order chi connectivity index (χ0) is 28.9. The van der Waals surface area contributed by atoms with Crippen molar-refractivity contribution in [3.05, 3.63) is 70.5 Å². The number of amides is 2. The minimum Gasteiger partial charge on any atom is -0.390 e. The fourth-order valence-corrected chi connectivity index (χ4v) is 5.14. The van der Waals surface area contributed by atoms with Crippen LogP contribution in [-0.2, 0) is 9.59 Å². The molecule has 0 spiro atoms. The molecule has 2 unspecified atom stereocenters. The lowest BCUT2D eigenvalue weighted by Crippen LogP contribution is -2.44. The lowest BCUT2D eigenvalue weighted by Gasteiger charge is -2.21. The van der Waals surface area contributed by atoms with Crippen LogP contribution in [0.15, 0.2) is 70.5 Å². The highest BCUT2D eigenvalue weighted by molar-refractivity contribution is 6.31. The number of rotatable bonds is 14. The van der Waals surface area contributed by atoms with E-state index in [1.807, 2.05) is 0 Å². The van der Waals surface area contributed by atoms with Crippen LogP contribution in [0.25, 0.3) is 0 Å². The fraction of sp³-hybridized carbons (Fsp3) is 0.500. The van der Waals surface area contributed by atoms with Crippen LogP contribution >= 0.6 is 23.2 Å². The highest BCUT2D eigenvalue weighted by atomic mass is 35.5. The molecule has 7 nitrogen and oxygen atoms in total. The number of nitrogens with one attached hydrogen (secondary N) is 3. The van der Waals surface area contributed by atoms with Gasteiger partial charge in [0.25, 0.3) is 0 Å². The molecule has 1 heterocycles. The summed E-state index contributed by atoms with van der Waals surface area (Å²) < 4.78 is 28.6. The predicted molar refractivity (Wildman–Crippen MR) is 150 cm³/mol. The van der Waals surface area contributed by atoms with Crippen LogP contribution in [0.1, 0.15) is 39.0 Å². The Morgan fingerprint density at radius 2 is 1.79 bits per heavy atom. The van der Waals surface area contributed by atoms with Crippen molar-refractivity contribution in [2.75, 3.05) is 13.1 Å². The zero-order valence-electron chi connectivity index (χ0n) is 21.9. The number of carbonyl (C=O) groups is 2. The average molecular weight is 589 g/mol. The van der Waals surface area contributed by atoms with E-state index in [0.29, 0.717) is 50.9 Å². The predicted octanol–water partition coefficient (Wildman–Crippen LogP) is 4.40. The molecule has 39 heavy (non-hydrogen) atoms. The highest BCUT2D eigenvalue weighted by Gasteiger charge is 2.38. The number of carbonyl (C=O) groups excluding carboxylic acids is 2. The molecule has 0 bridgehead atoms. The van der Waals surface area contributed by atoms with Crippen molar-refractivity contribution in [3.63, 3.8) is 0 Å². The number of aliphatic hydroxyl groups is 2. The Hall–Kier alpha value is -2.30. The number of aliphatic hydroxyl groups excluding tert-OH is 2. The van der Waals surface area contributed by atoms with Gasteiger partial charge in [0.2, 0.25) is 12.3 Å². The lowest BCUT2D eigenvalue weighted by atomic mass is 9.86. The van der Waals surface area contributed by atoms with Crippen molar-refractivity contribution in [1.29, 1.82) is 0 Å². The van der Waals surface area contributed by atoms with Crippen molar-refractivity contribution < 1.29 is 28.6 Å². The Kier molecular flexibility index (Phi) is 14.1. The Labute approximate surface area is 238 Å². The Morgan fingerprint density at radius 3 is 2.44 bits per heavy atom. The molecule has 1 aliphatic carbocycles. The smallest absolute Gasteiger partial charge is 0.237 e. The molecule has 1 saturated carbocycles. The third kappa shape index (κ3) is 10.7. The summed E-state index contributed by atoms with van der Waals surface area (Å²) in [6.45, 7) is 5.82. The number of hydrogen-bond donors (Lipinski definition) is 5. The van der Waals surface area contributed by atoms with Gasteiger partial charge >= 0.3 is 0 Å². The van der Waals surface area contributed by atoms with Gasteiger partial charge in [-0.15, -0.1) is 0 Å². The second-order valence-corrected chi connectivity index (χ2v) is 10.6. The summed E-state index contributed by atoms with van der Waals surface area (Å²) in [6.07, 6.45) is 10.1. The van der Waals surface area contributed by atoms with Gasteiger partial charge in [-0.2, -0.15) is 0 Å². The average Bonchev–Trinajstić information content (AvgIpc) is 3.45. The molecule has 0 aromatic rings. The van der Waals surface area contributed by atoms with Gasteiger partial charge in [0, 0.05) is 18.8 Å². The minimum absolute atomic E-state index is 0.127. The summed E-state index contributed by atoms with van der Waals surface area (Å²) in [5.41, 5.74) is 0.370. The summed E-state index contributed by atoms with van der Waals surface area (Å²) in [6, 6.07) is -0.595. The minimum atomic E-state index is -0.709. The van der Waals surface area contributed by atoms with E-state index in [0.717, 1.165) is 6.42 Å². The first kappa shape index (κ1) is 32.9. The van der Waals surface area contributed by atoms with Crippen LogP contribution in [0, 0.1) is 17.8 Å². The normalized spacial score (nSPS) is 28.9. The van der Waals surface area contributed by atoms with E-state index in [4.69, 9.17) is 23.2 Å². The van der Waals surface area contributed by atoms with E-state index < -0.39 is 29.9 Å². The molecule has 216 valence electrons. The van der Waals surface area contributed by atoms with Gasteiger partial charge < -0.3 is 26.2 Å². The third-order valence-electron chi connectivity index (χ3n) is 6.94. The molecule has 1 aliphatic heterocycles. The molecule has 2 amide bonds. The first-order valence-electron chi connectivity index (χ1n) is 12.9. The van der Waals surface area contributed by atoms with Gasteiger partial charge in [-0.05, 0) is 81.1 Å². The van der Waals surface area contributed by atoms with E-state index in [1.54, 1.807) is 19.1 Å². The molecule has 0 aromatic carbocycles. The molecule has 11 heteroatoms. The van der Waals surface area contributed by atoms with Gasteiger partial charge in [-0.3, -0.25) is 9.59 Å². The van der Waals surface area contributed by atoms with Gasteiger partial charge in [0.15, 0.2) is 0 Å². The Balaban J connectivity index is 2.07. The summed E-state index contributed by atoms with van der Waals surface area (Å²) in [4.78, 5) is 23.5. The lowest BCUT2D eigenvalue weighted by molar-refractivity contribution is -0.123. The standard InChI is InChI=1S/C28H37Cl2F2N3O4/c1-3-21(29)23(31)8-4-7-20-19(9-10-24(32)22(30)12-17(2)35-16-36)15-34-27(20)28(39)33-11-5-6-18-13-25(37)26(38)14-18/h3-4,8-10,12,16,18-20,25-27,34,37-38H,1,5-7,11,13-15H2,2H3,(H,33,39)(H,35,36)/b8-4-,10-9+,17-12+,23-21-,24-22-/t18?,19-,20-,25-,26?,27-/m1/s1. The van der Waals surface area contributed by atoms with Crippen molar-refractivity contribution in [2.24, 2.45) is 17.8 Å². The second kappa shape index (κ2) is 16.7. The Bertz CT molecular complexity index is 1020. The van der Waals surface area contributed by atoms with Gasteiger partial charge in [-0.25, -0.2) is 8.78 Å². The Morgan fingerprint density at radius 1 is 1.13 bits per heavy atom. The van der Waals surface area contributed by atoms with Crippen LogP contribution in [0.4, 0.5) is 8.78 Å².